The number of hydrogen-bond acceptors (Lipinski definition) is 4. The molecule has 0 aliphatic rings. The molecular formula is C19H12F4N4O2. The molecule has 0 aliphatic carbocycles. The zero-order chi connectivity index (χ0) is 20.7. The molecule has 0 aliphatic heterocycles. The maximum Gasteiger partial charge on any atom is 0.274 e. The van der Waals surface area contributed by atoms with Gasteiger partial charge in [-0.05, 0) is 24.3 Å². The largest absolute Gasteiger partial charge is 0.449 e. The fraction of sp³-hybridized carbons (Fsp3) is 0.0526. The number of benzene rings is 2. The van der Waals surface area contributed by atoms with E-state index in [1.807, 2.05) is 0 Å². The van der Waals surface area contributed by atoms with E-state index in [0.717, 1.165) is 18.2 Å². The van der Waals surface area contributed by atoms with Crippen molar-refractivity contribution in [3.05, 3.63) is 82.0 Å². The number of hydrogen-bond donors (Lipinski definition) is 2. The normalized spacial score (nSPS) is 11.2. The van der Waals surface area contributed by atoms with Crippen LogP contribution in [0.1, 0.15) is 5.82 Å². The summed E-state index contributed by atoms with van der Waals surface area (Å²) in [6, 6.07) is 6.26. The second-order valence-corrected chi connectivity index (χ2v) is 6.15. The topological polar surface area (TPSA) is 85.9 Å². The van der Waals surface area contributed by atoms with E-state index in [1.165, 1.54) is 16.8 Å². The molecule has 4 aromatic rings. The summed E-state index contributed by atoms with van der Waals surface area (Å²) in [6.45, 7) is -0.0634. The molecule has 2 aromatic carbocycles. The van der Waals surface area contributed by atoms with Crippen LogP contribution in [0.4, 0.5) is 23.2 Å². The van der Waals surface area contributed by atoms with Gasteiger partial charge < -0.3 is 20.0 Å². The average molecular weight is 404 g/mol. The number of halogens is 4. The Morgan fingerprint density at radius 2 is 1.90 bits per heavy atom. The van der Waals surface area contributed by atoms with Crippen LogP contribution in [0.3, 0.4) is 0 Å². The summed E-state index contributed by atoms with van der Waals surface area (Å²) in [4.78, 5) is 18.9. The van der Waals surface area contributed by atoms with Gasteiger partial charge in [-0.25, -0.2) is 18.2 Å². The molecule has 4 rings (SSSR count). The molecule has 0 unspecified atom stereocenters. The molecule has 10 heteroatoms. The first kappa shape index (κ1) is 18.5. The summed E-state index contributed by atoms with van der Waals surface area (Å²) in [5.74, 6) is -5.59. The van der Waals surface area contributed by atoms with Crippen molar-refractivity contribution in [2.75, 3.05) is 5.73 Å². The number of H-pyrrole nitrogens is 1. The predicted octanol–water partition coefficient (Wildman–Crippen LogP) is 3.70. The number of imidazole rings is 1. The maximum atomic E-state index is 14.4. The number of rotatable bonds is 4. The Morgan fingerprint density at radius 3 is 2.66 bits per heavy atom. The van der Waals surface area contributed by atoms with Crippen molar-refractivity contribution in [1.82, 2.24) is 14.5 Å². The monoisotopic (exact) mass is 404 g/mol. The van der Waals surface area contributed by atoms with Gasteiger partial charge in [0.25, 0.3) is 5.56 Å². The van der Waals surface area contributed by atoms with Gasteiger partial charge in [0, 0.05) is 18.3 Å². The highest BCUT2D eigenvalue weighted by Crippen LogP contribution is 2.34. The van der Waals surface area contributed by atoms with Crippen LogP contribution in [0.2, 0.25) is 0 Å². The number of fused-ring (bicyclic) bond motifs is 1. The Morgan fingerprint density at radius 1 is 1.10 bits per heavy atom. The molecule has 0 saturated carbocycles. The van der Waals surface area contributed by atoms with Crippen molar-refractivity contribution in [2.45, 2.75) is 6.54 Å². The van der Waals surface area contributed by atoms with Crippen molar-refractivity contribution in [3.63, 3.8) is 0 Å². The fourth-order valence-corrected chi connectivity index (χ4v) is 2.80. The molecule has 0 bridgehead atoms. The lowest BCUT2D eigenvalue weighted by atomic mass is 10.2. The Hall–Kier alpha value is -3.82. The highest BCUT2D eigenvalue weighted by Gasteiger charge is 2.21. The van der Waals surface area contributed by atoms with Gasteiger partial charge in [0.1, 0.15) is 17.2 Å². The minimum absolute atomic E-state index is 0.0245. The van der Waals surface area contributed by atoms with E-state index in [-0.39, 0.29) is 29.1 Å². The summed E-state index contributed by atoms with van der Waals surface area (Å²) < 4.78 is 61.7. The lowest BCUT2D eigenvalue weighted by Gasteiger charge is -2.09. The van der Waals surface area contributed by atoms with Crippen LogP contribution in [0, 0.1) is 23.3 Å². The highest BCUT2D eigenvalue weighted by atomic mass is 19.2. The van der Waals surface area contributed by atoms with Gasteiger partial charge in [0.2, 0.25) is 5.82 Å². The summed E-state index contributed by atoms with van der Waals surface area (Å²) in [5, 5.41) is 0. The zero-order valence-corrected chi connectivity index (χ0v) is 14.5. The lowest BCUT2D eigenvalue weighted by molar-refractivity contribution is 0.399. The Balaban J connectivity index is 1.79. The fourth-order valence-electron chi connectivity index (χ4n) is 2.80. The van der Waals surface area contributed by atoms with E-state index in [4.69, 9.17) is 10.5 Å². The van der Waals surface area contributed by atoms with Gasteiger partial charge in [-0.15, -0.1) is 0 Å². The van der Waals surface area contributed by atoms with Crippen LogP contribution in [0.15, 0.2) is 47.4 Å². The van der Waals surface area contributed by atoms with Crippen LogP contribution < -0.4 is 16.0 Å². The Bertz CT molecular complexity index is 1300. The molecule has 0 saturated heterocycles. The highest BCUT2D eigenvalue weighted by molar-refractivity contribution is 5.82. The van der Waals surface area contributed by atoms with Crippen LogP contribution >= 0.6 is 0 Å². The van der Waals surface area contributed by atoms with E-state index in [2.05, 4.69) is 9.97 Å². The van der Waals surface area contributed by atoms with E-state index < -0.39 is 40.3 Å². The molecule has 148 valence electrons. The number of nitrogens with one attached hydrogen (secondary N) is 1. The van der Waals surface area contributed by atoms with Crippen molar-refractivity contribution in [1.29, 1.82) is 0 Å². The smallest absolute Gasteiger partial charge is 0.274 e. The van der Waals surface area contributed by atoms with E-state index in [9.17, 15) is 22.4 Å². The van der Waals surface area contributed by atoms with Gasteiger partial charge in [0.05, 0.1) is 17.7 Å². The van der Waals surface area contributed by atoms with Gasteiger partial charge in [-0.1, -0.05) is 0 Å². The molecule has 2 aromatic heterocycles. The molecular weight excluding hydrogens is 392 g/mol. The summed E-state index contributed by atoms with van der Waals surface area (Å²) >= 11 is 0. The average Bonchev–Trinajstić information content (AvgIpc) is 3.06. The molecule has 0 atom stereocenters. The second-order valence-electron chi connectivity index (χ2n) is 6.15. The maximum absolute atomic E-state index is 14.4. The zero-order valence-electron chi connectivity index (χ0n) is 14.5. The van der Waals surface area contributed by atoms with Gasteiger partial charge >= 0.3 is 0 Å². The van der Waals surface area contributed by atoms with Crippen molar-refractivity contribution in [3.8, 4) is 11.5 Å². The number of aromatic amines is 1. The third-order valence-electron chi connectivity index (χ3n) is 4.15. The third-order valence-corrected chi connectivity index (χ3v) is 4.15. The first-order chi connectivity index (χ1) is 13.8. The minimum Gasteiger partial charge on any atom is -0.449 e. The summed E-state index contributed by atoms with van der Waals surface area (Å²) in [7, 11) is 0. The number of anilines is 1. The molecule has 2 heterocycles. The summed E-state index contributed by atoms with van der Waals surface area (Å²) in [6.07, 6.45) is 1.47. The van der Waals surface area contributed by atoms with Crippen LogP contribution in [-0.2, 0) is 6.54 Å². The number of pyridine rings is 1. The molecule has 0 radical (unpaired) electrons. The molecule has 0 spiro atoms. The Kier molecular flexibility index (Phi) is 4.45. The van der Waals surface area contributed by atoms with Gasteiger partial charge in [-0.3, -0.25) is 4.79 Å². The first-order valence-electron chi connectivity index (χ1n) is 8.28. The SMILES string of the molecule is Nc1cccn(Cc2nc3c(Oc4ccc(F)cc4F)c(F)c(F)cc3[nH]2)c1=O. The predicted molar refractivity (Wildman–Crippen MR) is 96.7 cm³/mol. The van der Waals surface area contributed by atoms with Crippen molar-refractivity contribution in [2.24, 2.45) is 0 Å². The van der Waals surface area contributed by atoms with Gasteiger partial charge in [-0.2, -0.15) is 4.39 Å². The quantitative estimate of drug-likeness (QED) is 0.508. The number of aromatic nitrogens is 3. The van der Waals surface area contributed by atoms with E-state index in [1.54, 1.807) is 6.07 Å². The number of nitrogens with zero attached hydrogens (tertiary/aromatic N) is 2. The number of ether oxygens (including phenoxy) is 1. The molecule has 3 N–H and O–H groups in total. The van der Waals surface area contributed by atoms with Gasteiger partial charge in [0.15, 0.2) is 23.1 Å². The van der Waals surface area contributed by atoms with E-state index >= 15 is 0 Å². The van der Waals surface area contributed by atoms with Crippen LogP contribution in [0.25, 0.3) is 11.0 Å². The van der Waals surface area contributed by atoms with Crippen molar-refractivity contribution < 1.29 is 22.3 Å². The molecule has 0 amide bonds. The number of nitrogen functional groups attached to an aromatic ring is 1. The summed E-state index contributed by atoms with van der Waals surface area (Å²) in [5.41, 5.74) is 5.08. The Labute approximate surface area is 160 Å². The molecule has 0 fully saturated rings. The molecule has 6 nitrogen and oxygen atoms in total. The second kappa shape index (κ2) is 6.97. The van der Waals surface area contributed by atoms with Crippen LogP contribution in [0.5, 0.6) is 11.5 Å². The number of nitrogens with two attached hydrogens (primary N) is 1. The third kappa shape index (κ3) is 3.40. The first-order valence-corrected chi connectivity index (χ1v) is 8.28. The van der Waals surface area contributed by atoms with Crippen LogP contribution in [-0.4, -0.2) is 14.5 Å². The lowest BCUT2D eigenvalue weighted by Crippen LogP contribution is -2.22. The standard InChI is InChI=1S/C19H12F4N4O2/c20-9-3-4-14(10(21)6-9)29-18-16(23)11(22)7-13-17(18)26-15(25-13)8-27-5-1-2-12(24)19(27)28/h1-7H,8,24H2,(H,25,26). The molecule has 29 heavy (non-hydrogen) atoms. The minimum atomic E-state index is -1.39. The van der Waals surface area contributed by atoms with E-state index in [0.29, 0.717) is 6.07 Å². The van der Waals surface area contributed by atoms with Crippen molar-refractivity contribution >= 4 is 16.7 Å².